The summed E-state index contributed by atoms with van der Waals surface area (Å²) in [5, 5.41) is 10.1. The summed E-state index contributed by atoms with van der Waals surface area (Å²) in [7, 11) is -3.42. The molecule has 0 aliphatic carbocycles. The van der Waals surface area contributed by atoms with E-state index in [-0.39, 0.29) is 12.4 Å². The number of anilines is 2. The Morgan fingerprint density at radius 3 is 2.85 bits per heavy atom. The molecule has 0 aliphatic rings. The van der Waals surface area contributed by atoms with Crippen molar-refractivity contribution in [2.24, 2.45) is 0 Å². The standard InChI is InChI=1S/C9H11N7O3S/c1-20(18,19)15-8-4-12-16(14-8)5-9(17)13-7-2-3-10-6-11-7/h2-4,6H,5H2,1H3,(H,14,15)(H,10,11,13,17). The fourth-order valence-corrected chi connectivity index (χ4v) is 1.76. The van der Waals surface area contributed by atoms with Crippen LogP contribution in [-0.2, 0) is 21.4 Å². The van der Waals surface area contributed by atoms with E-state index in [1.165, 1.54) is 24.8 Å². The average Bonchev–Trinajstić information content (AvgIpc) is 2.75. The van der Waals surface area contributed by atoms with E-state index in [2.05, 4.69) is 30.2 Å². The normalized spacial score (nSPS) is 11.1. The molecular weight excluding hydrogens is 286 g/mol. The van der Waals surface area contributed by atoms with Gasteiger partial charge < -0.3 is 5.32 Å². The molecule has 106 valence electrons. The Balaban J connectivity index is 1.95. The summed E-state index contributed by atoms with van der Waals surface area (Å²) in [6.07, 6.45) is 4.99. The quantitative estimate of drug-likeness (QED) is 0.729. The Morgan fingerprint density at radius 1 is 1.40 bits per heavy atom. The van der Waals surface area contributed by atoms with Crippen molar-refractivity contribution in [3.63, 3.8) is 0 Å². The Bertz CT molecular complexity index is 697. The summed E-state index contributed by atoms with van der Waals surface area (Å²) in [6, 6.07) is 1.53. The lowest BCUT2D eigenvalue weighted by atomic mass is 10.5. The molecule has 10 nitrogen and oxygen atoms in total. The second-order valence-corrected chi connectivity index (χ2v) is 5.53. The third-order valence-electron chi connectivity index (χ3n) is 1.96. The number of carbonyl (C=O) groups is 1. The highest BCUT2D eigenvalue weighted by molar-refractivity contribution is 7.92. The van der Waals surface area contributed by atoms with Gasteiger partial charge in [0.1, 0.15) is 18.7 Å². The number of carbonyl (C=O) groups excluding carboxylic acids is 1. The van der Waals surface area contributed by atoms with E-state index in [0.717, 1.165) is 11.1 Å². The zero-order chi connectivity index (χ0) is 14.6. The lowest BCUT2D eigenvalue weighted by Crippen LogP contribution is -2.21. The zero-order valence-corrected chi connectivity index (χ0v) is 11.2. The molecule has 2 aromatic heterocycles. The molecule has 2 heterocycles. The van der Waals surface area contributed by atoms with E-state index < -0.39 is 15.9 Å². The summed E-state index contributed by atoms with van der Waals surface area (Å²) in [6.45, 7) is -0.171. The second-order valence-electron chi connectivity index (χ2n) is 3.78. The topological polar surface area (TPSA) is 132 Å². The summed E-state index contributed by atoms with van der Waals surface area (Å²) in [5.41, 5.74) is 0. The first-order chi connectivity index (χ1) is 9.42. The SMILES string of the molecule is CS(=O)(=O)Nc1cnn(CC(=O)Nc2ccncn2)n1. The Kier molecular flexibility index (Phi) is 3.89. The number of amides is 1. The van der Waals surface area contributed by atoms with Gasteiger partial charge in [0.05, 0.1) is 12.5 Å². The first-order valence-corrected chi connectivity index (χ1v) is 7.25. The lowest BCUT2D eigenvalue weighted by Gasteiger charge is -2.02. The maximum atomic E-state index is 11.7. The van der Waals surface area contributed by atoms with E-state index in [1.54, 1.807) is 0 Å². The average molecular weight is 297 g/mol. The van der Waals surface area contributed by atoms with Gasteiger partial charge in [0.2, 0.25) is 15.9 Å². The van der Waals surface area contributed by atoms with Gasteiger partial charge in [-0.15, -0.1) is 5.10 Å². The Morgan fingerprint density at radius 2 is 2.20 bits per heavy atom. The van der Waals surface area contributed by atoms with E-state index in [1.807, 2.05) is 0 Å². The lowest BCUT2D eigenvalue weighted by molar-refractivity contribution is -0.117. The van der Waals surface area contributed by atoms with E-state index >= 15 is 0 Å². The summed E-state index contributed by atoms with van der Waals surface area (Å²) in [5.74, 6) is -0.000757. The van der Waals surface area contributed by atoms with E-state index in [4.69, 9.17) is 0 Å². The molecule has 0 aliphatic heterocycles. The van der Waals surface area contributed by atoms with Crippen LogP contribution in [0.15, 0.2) is 24.8 Å². The van der Waals surface area contributed by atoms with Crippen molar-refractivity contribution in [3.05, 3.63) is 24.8 Å². The molecule has 11 heteroatoms. The predicted octanol–water partition coefficient (Wildman–Crippen LogP) is -0.922. The molecule has 0 atom stereocenters. The van der Waals surface area contributed by atoms with Crippen molar-refractivity contribution in [1.29, 1.82) is 0 Å². The summed E-state index contributed by atoms with van der Waals surface area (Å²) in [4.78, 5) is 20.3. The highest BCUT2D eigenvalue weighted by Gasteiger charge is 2.09. The van der Waals surface area contributed by atoms with Crippen LogP contribution in [0.25, 0.3) is 0 Å². The van der Waals surface area contributed by atoms with Gasteiger partial charge in [-0.1, -0.05) is 0 Å². The second kappa shape index (κ2) is 5.61. The molecule has 0 aromatic carbocycles. The molecule has 1 amide bonds. The smallest absolute Gasteiger partial charge is 0.249 e. The molecule has 0 unspecified atom stereocenters. The van der Waals surface area contributed by atoms with Gasteiger partial charge in [-0.25, -0.2) is 18.4 Å². The van der Waals surface area contributed by atoms with Crippen molar-refractivity contribution < 1.29 is 13.2 Å². The van der Waals surface area contributed by atoms with E-state index in [9.17, 15) is 13.2 Å². The van der Waals surface area contributed by atoms with Crippen molar-refractivity contribution in [1.82, 2.24) is 25.0 Å². The first-order valence-electron chi connectivity index (χ1n) is 5.36. The predicted molar refractivity (Wildman–Crippen MR) is 69.2 cm³/mol. The van der Waals surface area contributed by atoms with Crippen molar-refractivity contribution in [2.75, 3.05) is 16.3 Å². The van der Waals surface area contributed by atoms with Crippen molar-refractivity contribution >= 4 is 27.6 Å². The fourth-order valence-electron chi connectivity index (χ4n) is 1.29. The minimum Gasteiger partial charge on any atom is -0.309 e. The molecule has 2 aromatic rings. The molecule has 0 radical (unpaired) electrons. The molecule has 20 heavy (non-hydrogen) atoms. The van der Waals surface area contributed by atoms with Crippen LogP contribution in [-0.4, -0.2) is 45.5 Å². The number of aromatic nitrogens is 5. The Labute approximate surface area is 114 Å². The molecule has 0 spiro atoms. The molecule has 0 fully saturated rings. The van der Waals surface area contributed by atoms with Crippen LogP contribution >= 0.6 is 0 Å². The number of rotatable bonds is 5. The minimum atomic E-state index is -3.42. The van der Waals surface area contributed by atoms with Gasteiger partial charge in [-0.3, -0.25) is 9.52 Å². The maximum Gasteiger partial charge on any atom is 0.249 e. The fraction of sp³-hybridized carbons (Fsp3) is 0.222. The molecule has 0 saturated carbocycles. The first kappa shape index (κ1) is 13.9. The van der Waals surface area contributed by atoms with E-state index in [0.29, 0.717) is 5.82 Å². The largest absolute Gasteiger partial charge is 0.309 e. The van der Waals surface area contributed by atoms with Gasteiger partial charge in [0.15, 0.2) is 5.82 Å². The van der Waals surface area contributed by atoms with Crippen LogP contribution in [0.3, 0.4) is 0 Å². The number of sulfonamides is 1. The number of hydrogen-bond acceptors (Lipinski definition) is 7. The molecule has 0 saturated heterocycles. The Hall–Kier alpha value is -2.56. The number of hydrogen-bond donors (Lipinski definition) is 2. The van der Waals surface area contributed by atoms with Crippen LogP contribution in [0.5, 0.6) is 0 Å². The van der Waals surface area contributed by atoms with Crippen LogP contribution < -0.4 is 10.0 Å². The van der Waals surface area contributed by atoms with Crippen LogP contribution in [0.1, 0.15) is 0 Å². The summed E-state index contributed by atoms with van der Waals surface area (Å²) < 4.78 is 24.1. The third-order valence-corrected chi connectivity index (χ3v) is 2.54. The van der Waals surface area contributed by atoms with Crippen LogP contribution in [0.2, 0.25) is 0 Å². The molecule has 2 rings (SSSR count). The maximum absolute atomic E-state index is 11.7. The third kappa shape index (κ3) is 4.28. The van der Waals surface area contributed by atoms with Gasteiger partial charge in [-0.2, -0.15) is 9.90 Å². The number of nitrogens with one attached hydrogen (secondary N) is 2. The zero-order valence-electron chi connectivity index (χ0n) is 10.4. The monoisotopic (exact) mass is 297 g/mol. The summed E-state index contributed by atoms with van der Waals surface area (Å²) >= 11 is 0. The highest BCUT2D eigenvalue weighted by atomic mass is 32.2. The van der Waals surface area contributed by atoms with Gasteiger partial charge >= 0.3 is 0 Å². The molecule has 2 N–H and O–H groups in total. The van der Waals surface area contributed by atoms with Crippen molar-refractivity contribution in [3.8, 4) is 0 Å². The van der Waals surface area contributed by atoms with Crippen LogP contribution in [0, 0.1) is 0 Å². The molecular formula is C9H11N7O3S. The minimum absolute atomic E-state index is 0.0438. The van der Waals surface area contributed by atoms with Gasteiger partial charge in [0, 0.05) is 6.20 Å². The number of nitrogens with zero attached hydrogens (tertiary/aromatic N) is 5. The van der Waals surface area contributed by atoms with Gasteiger partial charge in [-0.05, 0) is 6.07 Å². The molecule has 0 bridgehead atoms. The van der Waals surface area contributed by atoms with Crippen molar-refractivity contribution in [2.45, 2.75) is 6.54 Å². The highest BCUT2D eigenvalue weighted by Crippen LogP contribution is 2.02. The van der Waals surface area contributed by atoms with Crippen LogP contribution in [0.4, 0.5) is 11.6 Å². The van der Waals surface area contributed by atoms with Gasteiger partial charge in [0.25, 0.3) is 0 Å².